The Labute approximate surface area is 380 Å². The van der Waals surface area contributed by atoms with E-state index >= 15 is 0 Å². The van der Waals surface area contributed by atoms with Gasteiger partial charge in [0.05, 0.1) is 39.9 Å². The van der Waals surface area contributed by atoms with Gasteiger partial charge in [-0.05, 0) is 38.5 Å². The lowest BCUT2D eigenvalue weighted by Gasteiger charge is -2.26. The molecule has 8 nitrogen and oxygen atoms in total. The summed E-state index contributed by atoms with van der Waals surface area (Å²) in [7, 11) is 1.62. The molecule has 0 aromatic carbocycles. The van der Waals surface area contributed by atoms with E-state index in [9.17, 15) is 19.4 Å². The third-order valence-corrected chi connectivity index (χ3v) is 13.2. The van der Waals surface area contributed by atoms with E-state index in [1.54, 1.807) is 0 Å². The van der Waals surface area contributed by atoms with Crippen molar-refractivity contribution in [2.75, 3.05) is 40.9 Å². The summed E-state index contributed by atoms with van der Waals surface area (Å²) in [5.74, 6) is -0.149. The average molecular weight is 886 g/mol. The molecule has 3 atom stereocenters. The van der Waals surface area contributed by atoms with Gasteiger partial charge >= 0.3 is 7.82 Å². The van der Waals surface area contributed by atoms with E-state index in [2.05, 4.69) is 31.3 Å². The van der Waals surface area contributed by atoms with Crippen LogP contribution in [-0.2, 0) is 18.4 Å². The molecule has 0 saturated heterocycles. The Bertz CT molecular complexity index is 1000. The summed E-state index contributed by atoms with van der Waals surface area (Å²) in [6.07, 6.45) is 52.5. The van der Waals surface area contributed by atoms with E-state index in [-0.39, 0.29) is 19.1 Å². The lowest BCUT2D eigenvalue weighted by Crippen LogP contribution is -2.46. The maximum atomic E-state index is 12.9. The van der Waals surface area contributed by atoms with Crippen molar-refractivity contribution in [1.29, 1.82) is 0 Å². The van der Waals surface area contributed by atoms with E-state index in [1.165, 1.54) is 186 Å². The van der Waals surface area contributed by atoms with E-state index < -0.39 is 20.0 Å². The highest BCUT2D eigenvalue weighted by molar-refractivity contribution is 7.47. The molecule has 0 aliphatic rings. The van der Waals surface area contributed by atoms with Gasteiger partial charge < -0.3 is 19.8 Å². The number of nitrogens with zero attached hydrogens (tertiary/aromatic N) is 1. The fourth-order valence-electron chi connectivity index (χ4n) is 8.04. The first kappa shape index (κ1) is 60.2. The van der Waals surface area contributed by atoms with Crippen molar-refractivity contribution in [3.63, 3.8) is 0 Å². The van der Waals surface area contributed by atoms with Crippen molar-refractivity contribution in [3.8, 4) is 0 Å². The van der Waals surface area contributed by atoms with E-state index in [1.807, 2.05) is 21.1 Å². The summed E-state index contributed by atoms with van der Waals surface area (Å²) in [5.41, 5.74) is 0. The number of phosphoric ester groups is 1. The minimum absolute atomic E-state index is 0.0753. The molecule has 0 bridgehead atoms. The number of allylic oxidation sites excluding steroid dienone is 2. The summed E-state index contributed by atoms with van der Waals surface area (Å²) in [5, 5.41) is 14.0. The van der Waals surface area contributed by atoms with Crippen molar-refractivity contribution >= 4 is 13.7 Å². The fraction of sp³-hybridized carbons (Fsp3) is 0.942. The van der Waals surface area contributed by atoms with Crippen LogP contribution in [-0.4, -0.2) is 73.4 Å². The zero-order chi connectivity index (χ0) is 45.0. The molecular formula is C52H106N2O6P+. The van der Waals surface area contributed by atoms with Crippen LogP contribution in [0.15, 0.2) is 12.2 Å². The monoisotopic (exact) mass is 886 g/mol. The van der Waals surface area contributed by atoms with Crippen LogP contribution in [0.3, 0.4) is 0 Å². The molecule has 0 aromatic rings. The third-order valence-electron chi connectivity index (χ3n) is 12.3. The predicted octanol–water partition coefficient (Wildman–Crippen LogP) is 15.5. The van der Waals surface area contributed by atoms with Crippen LogP contribution in [0.4, 0.5) is 0 Å². The lowest BCUT2D eigenvalue weighted by atomic mass is 10.0. The highest BCUT2D eigenvalue weighted by Crippen LogP contribution is 2.43. The van der Waals surface area contributed by atoms with Crippen LogP contribution < -0.4 is 5.32 Å². The number of quaternary nitrogens is 1. The number of nitrogens with one attached hydrogen (secondary N) is 1. The second-order valence-electron chi connectivity index (χ2n) is 19.6. The molecule has 3 N–H and O–H groups in total. The molecule has 0 heterocycles. The van der Waals surface area contributed by atoms with E-state index in [4.69, 9.17) is 9.05 Å². The average Bonchev–Trinajstić information content (AvgIpc) is 3.21. The maximum absolute atomic E-state index is 12.9. The van der Waals surface area contributed by atoms with Crippen molar-refractivity contribution < 1.29 is 32.9 Å². The largest absolute Gasteiger partial charge is 0.472 e. The van der Waals surface area contributed by atoms with Gasteiger partial charge in [-0.15, -0.1) is 0 Å². The topological polar surface area (TPSA) is 105 Å². The van der Waals surface area contributed by atoms with E-state index in [0.29, 0.717) is 23.9 Å². The van der Waals surface area contributed by atoms with Crippen molar-refractivity contribution in [1.82, 2.24) is 5.32 Å². The summed E-state index contributed by atoms with van der Waals surface area (Å²) in [6, 6.07) is -0.762. The second kappa shape index (κ2) is 44.4. The van der Waals surface area contributed by atoms with Crippen molar-refractivity contribution in [3.05, 3.63) is 12.2 Å². The second-order valence-corrected chi connectivity index (χ2v) is 21.1. The number of hydrogen-bond donors (Lipinski definition) is 3. The molecule has 0 aromatic heterocycles. The Morgan fingerprint density at radius 3 is 1.26 bits per heavy atom. The Hall–Kier alpha value is -0.760. The molecule has 364 valence electrons. The first-order valence-electron chi connectivity index (χ1n) is 26.6. The molecule has 3 unspecified atom stereocenters. The fourth-order valence-corrected chi connectivity index (χ4v) is 8.78. The number of amides is 1. The molecule has 0 saturated carbocycles. The normalized spacial score (nSPS) is 14.1. The smallest absolute Gasteiger partial charge is 0.391 e. The Morgan fingerprint density at radius 1 is 0.541 bits per heavy atom. The summed E-state index contributed by atoms with van der Waals surface area (Å²) >= 11 is 0. The molecule has 0 radical (unpaired) electrons. The number of rotatable bonds is 49. The number of likely N-dealkylation sites (N-methyl/N-ethyl adjacent to an activating group) is 1. The minimum atomic E-state index is -4.32. The van der Waals surface area contributed by atoms with Gasteiger partial charge in [-0.1, -0.05) is 231 Å². The van der Waals surface area contributed by atoms with Gasteiger partial charge in [0.15, 0.2) is 0 Å². The van der Waals surface area contributed by atoms with Crippen LogP contribution in [0.1, 0.15) is 264 Å². The molecule has 61 heavy (non-hydrogen) atoms. The number of phosphoric acid groups is 1. The molecule has 0 aliphatic heterocycles. The number of unbranched alkanes of at least 4 members (excludes halogenated alkanes) is 34. The molecular weight excluding hydrogens is 780 g/mol. The molecule has 0 fully saturated rings. The molecule has 0 aliphatic carbocycles. The Morgan fingerprint density at radius 2 is 0.885 bits per heavy atom. The molecule has 1 amide bonds. The lowest BCUT2D eigenvalue weighted by molar-refractivity contribution is -0.870. The maximum Gasteiger partial charge on any atom is 0.472 e. The predicted molar refractivity (Wildman–Crippen MR) is 263 cm³/mol. The van der Waals surface area contributed by atoms with Gasteiger partial charge in [0.2, 0.25) is 5.91 Å². The van der Waals surface area contributed by atoms with Crippen molar-refractivity contribution in [2.24, 2.45) is 0 Å². The van der Waals surface area contributed by atoms with Gasteiger partial charge in [-0.2, -0.15) is 0 Å². The van der Waals surface area contributed by atoms with Crippen LogP contribution in [0.5, 0.6) is 0 Å². The quantitative estimate of drug-likeness (QED) is 0.0243. The number of carbonyl (C=O) groups excluding carboxylic acids is 1. The van der Waals surface area contributed by atoms with Crippen LogP contribution in [0.25, 0.3) is 0 Å². The number of carbonyl (C=O) groups is 1. The first-order chi connectivity index (χ1) is 29.5. The zero-order valence-electron chi connectivity index (χ0n) is 41.4. The minimum Gasteiger partial charge on any atom is -0.391 e. The highest BCUT2D eigenvalue weighted by Gasteiger charge is 2.28. The molecule has 0 spiro atoms. The van der Waals surface area contributed by atoms with Crippen molar-refractivity contribution in [2.45, 2.75) is 276 Å². The van der Waals surface area contributed by atoms with Crippen LogP contribution in [0, 0.1) is 0 Å². The SMILES string of the molecule is CCCCCCCCC/C=C\CCCCCCCC(=O)NC(COP(=O)(O)OCC[N+](C)(C)C)C(O)CCCCCCCCCCCCCCCCCCCCCCCCC. The van der Waals surface area contributed by atoms with Gasteiger partial charge in [-0.25, -0.2) is 4.57 Å². The summed E-state index contributed by atoms with van der Waals surface area (Å²) < 4.78 is 23.7. The van der Waals surface area contributed by atoms with E-state index in [0.717, 1.165) is 51.4 Å². The molecule has 9 heteroatoms. The van der Waals surface area contributed by atoms with Crippen LogP contribution >= 0.6 is 7.82 Å². The van der Waals surface area contributed by atoms with Gasteiger partial charge in [0.1, 0.15) is 13.2 Å². The van der Waals surface area contributed by atoms with Gasteiger partial charge in [0.25, 0.3) is 0 Å². The van der Waals surface area contributed by atoms with Gasteiger partial charge in [0, 0.05) is 6.42 Å². The Balaban J connectivity index is 4.20. The number of aliphatic hydroxyl groups excluding tert-OH is 1. The number of aliphatic hydroxyl groups is 1. The summed E-state index contributed by atoms with van der Waals surface area (Å²) in [4.78, 5) is 23.2. The number of hydrogen-bond acceptors (Lipinski definition) is 5. The summed E-state index contributed by atoms with van der Waals surface area (Å²) in [6.45, 7) is 4.91. The zero-order valence-corrected chi connectivity index (χ0v) is 42.3. The highest BCUT2D eigenvalue weighted by atomic mass is 31.2. The van der Waals surface area contributed by atoms with Gasteiger partial charge in [-0.3, -0.25) is 13.8 Å². The Kier molecular flexibility index (Phi) is 43.9. The third kappa shape index (κ3) is 47.0. The standard InChI is InChI=1S/C52H105N2O6P/c1-6-8-10-12-14-16-18-20-22-24-25-26-27-28-29-30-31-33-35-37-39-41-43-45-51(55)50(49-60-61(57,58)59-48-47-54(3,4)5)53-52(56)46-44-42-40-38-36-34-32-23-21-19-17-15-13-11-9-7-2/h23,32,50-51,55H,6-22,24-31,33-49H2,1-5H3,(H-,53,56,57,58)/p+1/b32-23-. The molecule has 0 rings (SSSR count). The first-order valence-corrected chi connectivity index (χ1v) is 28.0. The van der Waals surface area contributed by atoms with Crippen LogP contribution in [0.2, 0.25) is 0 Å².